The third-order valence-electron chi connectivity index (χ3n) is 10.2. The molecule has 272 valence electrons. The van der Waals surface area contributed by atoms with Crippen molar-refractivity contribution in [3.05, 3.63) is 82.9 Å². The molecular weight excluding hydrogens is 680 g/mol. The Morgan fingerprint density at radius 2 is 1.13 bits per heavy atom. The molecule has 6 amide bonds. The van der Waals surface area contributed by atoms with Gasteiger partial charge >= 0.3 is 0 Å². The summed E-state index contributed by atoms with van der Waals surface area (Å²) >= 11 is 0. The van der Waals surface area contributed by atoms with Crippen molar-refractivity contribution in [3.8, 4) is 0 Å². The zero-order chi connectivity index (χ0) is 36.6. The van der Waals surface area contributed by atoms with Gasteiger partial charge in [0.05, 0.1) is 44.1 Å². The van der Waals surface area contributed by atoms with Gasteiger partial charge < -0.3 is 29.9 Å². The molecule has 0 unspecified atom stereocenters. The minimum Gasteiger partial charge on any atom is -0.378 e. The molecule has 4 aliphatic rings. The van der Waals surface area contributed by atoms with E-state index < -0.39 is 42.0 Å². The van der Waals surface area contributed by atoms with E-state index in [0.717, 1.165) is 27.0 Å². The van der Waals surface area contributed by atoms with Crippen LogP contribution in [0.25, 0.3) is 21.5 Å². The fraction of sp³-hybridized carbons (Fsp3) is 0.333. The zero-order valence-corrected chi connectivity index (χ0v) is 29.0. The van der Waals surface area contributed by atoms with Crippen molar-refractivity contribution in [1.82, 2.24) is 20.4 Å². The quantitative estimate of drug-likeness (QED) is 0.183. The van der Waals surface area contributed by atoms with Crippen LogP contribution in [-0.4, -0.2) is 124 Å². The van der Waals surface area contributed by atoms with Crippen LogP contribution in [0.1, 0.15) is 47.9 Å². The molecule has 4 aliphatic heterocycles. The molecular formula is C39H38N6O8. The maximum Gasteiger partial charge on any atom is 0.268 e. The Hall–Kier alpha value is -5.70. The smallest absolute Gasteiger partial charge is 0.268 e. The molecule has 2 fully saturated rings. The molecule has 2 N–H and O–H groups in total. The second-order valence-electron chi connectivity index (χ2n) is 13.4. The number of nitrogens with one attached hydrogen (secondary N) is 2. The van der Waals surface area contributed by atoms with Crippen molar-refractivity contribution in [2.24, 2.45) is 0 Å². The van der Waals surface area contributed by atoms with E-state index in [2.05, 4.69) is 20.4 Å². The number of hydrogen-bond acceptors (Lipinski definition) is 11. The van der Waals surface area contributed by atoms with Gasteiger partial charge in [-0.25, -0.2) is 4.90 Å². The Bertz CT molecular complexity index is 2190. The molecule has 4 heterocycles. The first-order chi connectivity index (χ1) is 25.8. The second-order valence-corrected chi connectivity index (χ2v) is 13.4. The SMILES string of the molecule is O=C(CN1C(=O)c2cccc3cc(N4CCOCC4)cc(c23)C1=O)NCCCNCC(=O)N1C(=O)c2cccc3cc(N4CCOCC4)cc(c23)C1=O. The highest BCUT2D eigenvalue weighted by Gasteiger charge is 2.38. The predicted octanol–water partition coefficient (Wildman–Crippen LogP) is 2.18. The minimum atomic E-state index is -0.683. The number of imide groups is 4. The maximum atomic E-state index is 13.6. The lowest BCUT2D eigenvalue weighted by Gasteiger charge is -2.31. The average molecular weight is 719 g/mol. The summed E-state index contributed by atoms with van der Waals surface area (Å²) in [5, 5.41) is 8.37. The van der Waals surface area contributed by atoms with Crippen molar-refractivity contribution in [3.63, 3.8) is 0 Å². The summed E-state index contributed by atoms with van der Waals surface area (Å²) in [5.41, 5.74) is 3.04. The maximum absolute atomic E-state index is 13.6. The van der Waals surface area contributed by atoms with Crippen molar-refractivity contribution < 1.29 is 38.2 Å². The van der Waals surface area contributed by atoms with Crippen LogP contribution in [0, 0.1) is 0 Å². The van der Waals surface area contributed by atoms with Crippen LogP contribution >= 0.6 is 0 Å². The lowest BCUT2D eigenvalue weighted by Crippen LogP contribution is -2.48. The van der Waals surface area contributed by atoms with E-state index in [1.807, 2.05) is 24.3 Å². The first kappa shape index (κ1) is 34.4. The molecule has 0 atom stereocenters. The van der Waals surface area contributed by atoms with E-state index in [9.17, 15) is 28.8 Å². The van der Waals surface area contributed by atoms with Crippen LogP contribution in [0.15, 0.2) is 60.7 Å². The number of anilines is 2. The highest BCUT2D eigenvalue weighted by atomic mass is 16.5. The predicted molar refractivity (Wildman–Crippen MR) is 195 cm³/mol. The third-order valence-corrected chi connectivity index (χ3v) is 10.2. The van der Waals surface area contributed by atoms with Gasteiger partial charge in [-0.15, -0.1) is 0 Å². The summed E-state index contributed by atoms with van der Waals surface area (Å²) in [4.78, 5) is 86.2. The lowest BCUT2D eigenvalue weighted by molar-refractivity contribution is -0.125. The summed E-state index contributed by atoms with van der Waals surface area (Å²) in [7, 11) is 0. The van der Waals surface area contributed by atoms with Crippen LogP contribution in [0.5, 0.6) is 0 Å². The summed E-state index contributed by atoms with van der Waals surface area (Å²) in [5.74, 6) is -3.56. The number of rotatable bonds is 10. The first-order valence-electron chi connectivity index (χ1n) is 17.8. The summed E-state index contributed by atoms with van der Waals surface area (Å²) in [6.07, 6.45) is 0.402. The van der Waals surface area contributed by atoms with E-state index >= 15 is 0 Å². The summed E-state index contributed by atoms with van der Waals surface area (Å²) in [6.45, 7) is 4.78. The largest absolute Gasteiger partial charge is 0.378 e. The van der Waals surface area contributed by atoms with Gasteiger partial charge in [0, 0.05) is 66.0 Å². The van der Waals surface area contributed by atoms with Crippen LogP contribution < -0.4 is 20.4 Å². The van der Waals surface area contributed by atoms with Crippen molar-refractivity contribution in [2.75, 3.05) is 88.6 Å². The molecule has 0 aliphatic carbocycles. The molecule has 4 aromatic carbocycles. The van der Waals surface area contributed by atoms with E-state index in [1.165, 1.54) is 0 Å². The van der Waals surface area contributed by atoms with E-state index in [4.69, 9.17) is 9.47 Å². The van der Waals surface area contributed by atoms with Crippen molar-refractivity contribution in [2.45, 2.75) is 6.42 Å². The van der Waals surface area contributed by atoms with Gasteiger partial charge in [0.25, 0.3) is 29.5 Å². The van der Waals surface area contributed by atoms with Crippen LogP contribution in [0.2, 0.25) is 0 Å². The van der Waals surface area contributed by atoms with Gasteiger partial charge in [0.1, 0.15) is 6.54 Å². The van der Waals surface area contributed by atoms with Crippen LogP contribution in [0.4, 0.5) is 11.4 Å². The summed E-state index contributed by atoms with van der Waals surface area (Å²) < 4.78 is 10.9. The number of nitrogens with zero attached hydrogens (tertiary/aromatic N) is 4. The molecule has 53 heavy (non-hydrogen) atoms. The Morgan fingerprint density at radius 3 is 1.72 bits per heavy atom. The number of carbonyl (C=O) groups is 6. The Balaban J connectivity index is 0.853. The molecule has 14 heteroatoms. The highest BCUT2D eigenvalue weighted by molar-refractivity contribution is 6.31. The average Bonchev–Trinajstić information content (AvgIpc) is 3.19. The number of carbonyl (C=O) groups excluding carboxylic acids is 6. The molecule has 14 nitrogen and oxygen atoms in total. The fourth-order valence-corrected chi connectivity index (χ4v) is 7.53. The molecule has 0 aromatic heterocycles. The van der Waals surface area contributed by atoms with Crippen molar-refractivity contribution >= 4 is 68.4 Å². The molecule has 8 rings (SSSR count). The Kier molecular flexibility index (Phi) is 9.33. The zero-order valence-electron chi connectivity index (χ0n) is 29.0. The Morgan fingerprint density at radius 1 is 0.623 bits per heavy atom. The molecule has 0 saturated carbocycles. The highest BCUT2D eigenvalue weighted by Crippen LogP contribution is 2.36. The molecule has 2 saturated heterocycles. The van der Waals surface area contributed by atoms with E-state index in [0.29, 0.717) is 97.0 Å². The van der Waals surface area contributed by atoms with Crippen LogP contribution in [0.3, 0.4) is 0 Å². The van der Waals surface area contributed by atoms with Crippen LogP contribution in [-0.2, 0) is 19.1 Å². The van der Waals surface area contributed by atoms with Gasteiger partial charge in [-0.05, 0) is 60.1 Å². The fourth-order valence-electron chi connectivity index (χ4n) is 7.53. The topological polar surface area (TPSA) is 158 Å². The Labute approximate surface area is 304 Å². The van der Waals surface area contributed by atoms with E-state index in [1.54, 1.807) is 36.4 Å². The number of benzene rings is 4. The van der Waals surface area contributed by atoms with Gasteiger partial charge in [-0.3, -0.25) is 33.7 Å². The third kappa shape index (κ3) is 6.38. The number of hydrogen-bond donors (Lipinski definition) is 2. The lowest BCUT2D eigenvalue weighted by atomic mass is 9.93. The first-order valence-corrected chi connectivity index (χ1v) is 17.8. The van der Waals surface area contributed by atoms with Crippen molar-refractivity contribution in [1.29, 1.82) is 0 Å². The van der Waals surface area contributed by atoms with E-state index in [-0.39, 0.29) is 19.6 Å². The van der Waals surface area contributed by atoms with Gasteiger partial charge in [0.2, 0.25) is 5.91 Å². The number of morpholine rings is 2. The number of ether oxygens (including phenoxy) is 2. The standard InChI is InChI=1S/C39H38N6O8/c46-32(23-44-36(48)28-6-1-4-24-18-26(42-10-14-52-15-11-42)20-30(34(24)28)37(44)49)41-9-3-8-40-22-33(47)45-38(50)29-7-2-5-25-19-27(43-12-16-53-17-13-43)21-31(35(25)29)39(45)51/h1-2,4-7,18-21,40H,3,8-17,22-23H2,(H,41,46). The molecule has 0 radical (unpaired) electrons. The number of amides is 6. The monoisotopic (exact) mass is 718 g/mol. The molecule has 4 aromatic rings. The summed E-state index contributed by atoms with van der Waals surface area (Å²) in [6, 6.07) is 18.0. The van der Waals surface area contributed by atoms with Gasteiger partial charge in [-0.2, -0.15) is 0 Å². The normalized spacial score (nSPS) is 17.3. The van der Waals surface area contributed by atoms with Gasteiger partial charge in [-0.1, -0.05) is 24.3 Å². The molecule has 0 spiro atoms. The van der Waals surface area contributed by atoms with Gasteiger partial charge in [0.15, 0.2) is 0 Å². The second kappa shape index (κ2) is 14.4. The molecule has 0 bridgehead atoms. The minimum absolute atomic E-state index is 0.199.